The number of nitrogens with one attached hydrogen (secondary N) is 2. The third-order valence-corrected chi connectivity index (χ3v) is 3.29. The van der Waals surface area contributed by atoms with Crippen molar-refractivity contribution in [1.29, 1.82) is 0 Å². The summed E-state index contributed by atoms with van der Waals surface area (Å²) in [5, 5.41) is 4.63. The maximum atomic E-state index is 11.6. The first kappa shape index (κ1) is 14.3. The molecule has 0 radical (unpaired) electrons. The van der Waals surface area contributed by atoms with Gasteiger partial charge in [0, 0.05) is 20.1 Å². The first-order valence-corrected chi connectivity index (χ1v) is 6.67. The lowest BCUT2D eigenvalue weighted by Crippen LogP contribution is -2.44. The summed E-state index contributed by atoms with van der Waals surface area (Å²) in [6.45, 7) is 1.79. The van der Waals surface area contributed by atoms with Crippen LogP contribution in [0.3, 0.4) is 0 Å². The van der Waals surface area contributed by atoms with Crippen LogP contribution < -0.4 is 10.6 Å². The highest BCUT2D eigenvalue weighted by Gasteiger charge is 2.16. The number of nitrogens with zero attached hydrogens (tertiary/aromatic N) is 1. The van der Waals surface area contributed by atoms with Crippen molar-refractivity contribution < 1.29 is 9.59 Å². The molecule has 0 spiro atoms. The number of imide groups is 1. The maximum Gasteiger partial charge on any atom is 0.321 e. The van der Waals surface area contributed by atoms with Gasteiger partial charge in [-0.15, -0.1) is 0 Å². The molecular formula is C15H19N3O2. The molecule has 1 aliphatic heterocycles. The molecule has 20 heavy (non-hydrogen) atoms. The predicted octanol–water partition coefficient (Wildman–Crippen LogP) is 1.23. The van der Waals surface area contributed by atoms with Gasteiger partial charge in [0.2, 0.25) is 5.91 Å². The fraction of sp³-hybridized carbons (Fsp3) is 0.333. The minimum atomic E-state index is -0.465. The van der Waals surface area contributed by atoms with E-state index >= 15 is 0 Å². The van der Waals surface area contributed by atoms with Crippen molar-refractivity contribution >= 4 is 17.5 Å². The third kappa shape index (κ3) is 3.93. The first-order chi connectivity index (χ1) is 9.69. The molecule has 2 rings (SSSR count). The molecule has 1 aliphatic rings. The van der Waals surface area contributed by atoms with Gasteiger partial charge in [0.25, 0.3) is 0 Å². The van der Waals surface area contributed by atoms with Crippen LogP contribution in [0.1, 0.15) is 12.0 Å². The second kappa shape index (κ2) is 6.86. The second-order valence-electron chi connectivity index (χ2n) is 4.71. The lowest BCUT2D eigenvalue weighted by molar-refractivity contribution is -0.121. The Hall–Kier alpha value is -2.14. The minimum absolute atomic E-state index is 0.242. The van der Waals surface area contributed by atoms with E-state index in [4.69, 9.17) is 0 Å². The van der Waals surface area contributed by atoms with Gasteiger partial charge in [-0.2, -0.15) is 0 Å². The van der Waals surface area contributed by atoms with Gasteiger partial charge in [-0.25, -0.2) is 4.79 Å². The Morgan fingerprint density at radius 2 is 2.00 bits per heavy atom. The number of benzene rings is 1. The maximum absolute atomic E-state index is 11.6. The topological polar surface area (TPSA) is 61.4 Å². The Labute approximate surface area is 118 Å². The Morgan fingerprint density at radius 1 is 1.25 bits per heavy atom. The highest BCUT2D eigenvalue weighted by Crippen LogP contribution is 2.21. The number of urea groups is 1. The van der Waals surface area contributed by atoms with Crippen molar-refractivity contribution in [2.24, 2.45) is 0 Å². The van der Waals surface area contributed by atoms with Crippen molar-refractivity contribution in [2.75, 3.05) is 26.7 Å². The van der Waals surface area contributed by atoms with Crippen molar-refractivity contribution in [2.45, 2.75) is 6.42 Å². The third-order valence-electron chi connectivity index (χ3n) is 3.29. The van der Waals surface area contributed by atoms with Crippen LogP contribution in [0.5, 0.6) is 0 Å². The van der Waals surface area contributed by atoms with Gasteiger partial charge in [0.15, 0.2) is 0 Å². The Morgan fingerprint density at radius 3 is 2.60 bits per heavy atom. The Bertz CT molecular complexity index is 511. The lowest BCUT2D eigenvalue weighted by atomic mass is 10.00. The van der Waals surface area contributed by atoms with E-state index in [1.165, 1.54) is 18.2 Å². The van der Waals surface area contributed by atoms with Crippen molar-refractivity contribution in [3.05, 3.63) is 42.0 Å². The summed E-state index contributed by atoms with van der Waals surface area (Å²) < 4.78 is 0. The molecular weight excluding hydrogens is 254 g/mol. The molecule has 2 N–H and O–H groups in total. The van der Waals surface area contributed by atoms with Gasteiger partial charge in [0.05, 0.1) is 6.54 Å². The van der Waals surface area contributed by atoms with E-state index in [1.807, 2.05) is 23.1 Å². The molecule has 1 heterocycles. The second-order valence-corrected chi connectivity index (χ2v) is 4.71. The van der Waals surface area contributed by atoms with E-state index in [9.17, 15) is 9.59 Å². The zero-order valence-electron chi connectivity index (χ0n) is 11.6. The van der Waals surface area contributed by atoms with Gasteiger partial charge in [-0.3, -0.25) is 15.0 Å². The SMILES string of the molecule is CNC(=O)NC(=O)CN1CC=C(c2ccccc2)CC1. The highest BCUT2D eigenvalue weighted by molar-refractivity contribution is 5.95. The van der Waals surface area contributed by atoms with Crippen molar-refractivity contribution in [1.82, 2.24) is 15.5 Å². The zero-order chi connectivity index (χ0) is 14.4. The average molecular weight is 273 g/mol. The predicted molar refractivity (Wildman–Crippen MR) is 78.1 cm³/mol. The number of carbonyl (C=O) groups excluding carboxylic acids is 2. The van der Waals surface area contributed by atoms with Crippen LogP contribution in [-0.4, -0.2) is 43.5 Å². The quantitative estimate of drug-likeness (QED) is 0.871. The van der Waals surface area contributed by atoms with Crippen LogP contribution in [0.15, 0.2) is 36.4 Å². The van der Waals surface area contributed by atoms with E-state index < -0.39 is 6.03 Å². The van der Waals surface area contributed by atoms with Gasteiger partial charge in [-0.05, 0) is 17.6 Å². The van der Waals surface area contributed by atoms with E-state index in [2.05, 4.69) is 28.8 Å². The summed E-state index contributed by atoms with van der Waals surface area (Å²) in [4.78, 5) is 24.6. The van der Waals surface area contributed by atoms with E-state index in [0.29, 0.717) is 0 Å². The van der Waals surface area contributed by atoms with E-state index in [0.717, 1.165) is 19.5 Å². The molecule has 0 saturated heterocycles. The molecule has 3 amide bonds. The van der Waals surface area contributed by atoms with Crippen LogP contribution in [0, 0.1) is 0 Å². The van der Waals surface area contributed by atoms with Crippen LogP contribution in [0.4, 0.5) is 4.79 Å². The Kier molecular flexibility index (Phi) is 4.90. The molecule has 5 heteroatoms. The molecule has 1 aromatic rings. The summed E-state index contributed by atoms with van der Waals surface area (Å²) in [6.07, 6.45) is 3.06. The van der Waals surface area contributed by atoms with Gasteiger partial charge >= 0.3 is 6.03 Å². The summed E-state index contributed by atoms with van der Waals surface area (Å²) in [6, 6.07) is 9.79. The van der Waals surface area contributed by atoms with Crippen molar-refractivity contribution in [3.8, 4) is 0 Å². The minimum Gasteiger partial charge on any atom is -0.341 e. The Balaban J connectivity index is 1.86. The molecule has 0 aliphatic carbocycles. The number of rotatable bonds is 3. The summed E-state index contributed by atoms with van der Waals surface area (Å²) in [5.74, 6) is -0.277. The summed E-state index contributed by atoms with van der Waals surface area (Å²) in [7, 11) is 1.48. The number of hydrogen-bond donors (Lipinski definition) is 2. The fourth-order valence-corrected chi connectivity index (χ4v) is 2.20. The normalized spacial score (nSPS) is 15.3. The van der Waals surface area contributed by atoms with Crippen molar-refractivity contribution in [3.63, 3.8) is 0 Å². The molecule has 0 fully saturated rings. The lowest BCUT2D eigenvalue weighted by Gasteiger charge is -2.25. The highest BCUT2D eigenvalue weighted by atomic mass is 16.2. The average Bonchev–Trinajstić information content (AvgIpc) is 2.48. The molecule has 0 saturated carbocycles. The van der Waals surface area contributed by atoms with Crippen LogP contribution in [0.25, 0.3) is 5.57 Å². The van der Waals surface area contributed by atoms with Gasteiger partial charge in [0.1, 0.15) is 0 Å². The zero-order valence-corrected chi connectivity index (χ0v) is 11.6. The molecule has 0 bridgehead atoms. The monoisotopic (exact) mass is 273 g/mol. The molecule has 106 valence electrons. The number of carbonyl (C=O) groups is 2. The summed E-state index contributed by atoms with van der Waals surface area (Å²) in [5.41, 5.74) is 2.55. The standard InChI is InChI=1S/C15H19N3O2/c1-16-15(20)17-14(19)11-18-9-7-13(8-10-18)12-5-3-2-4-6-12/h2-7H,8-11H2,1H3,(H2,16,17,19,20). The molecule has 0 aromatic heterocycles. The number of amides is 3. The smallest absolute Gasteiger partial charge is 0.321 e. The fourth-order valence-electron chi connectivity index (χ4n) is 2.20. The molecule has 1 aromatic carbocycles. The summed E-state index contributed by atoms with van der Waals surface area (Å²) >= 11 is 0. The van der Waals surface area contributed by atoms with Crippen LogP contribution in [-0.2, 0) is 4.79 Å². The number of hydrogen-bond acceptors (Lipinski definition) is 3. The molecule has 5 nitrogen and oxygen atoms in total. The molecule has 0 atom stereocenters. The van der Waals surface area contributed by atoms with Crippen LogP contribution in [0.2, 0.25) is 0 Å². The van der Waals surface area contributed by atoms with Gasteiger partial charge in [-0.1, -0.05) is 36.4 Å². The van der Waals surface area contributed by atoms with Crippen LogP contribution >= 0.6 is 0 Å². The van der Waals surface area contributed by atoms with Gasteiger partial charge < -0.3 is 5.32 Å². The van der Waals surface area contributed by atoms with E-state index in [1.54, 1.807) is 0 Å². The van der Waals surface area contributed by atoms with E-state index in [-0.39, 0.29) is 12.5 Å². The largest absolute Gasteiger partial charge is 0.341 e. The molecule has 0 unspecified atom stereocenters. The first-order valence-electron chi connectivity index (χ1n) is 6.67.